The summed E-state index contributed by atoms with van der Waals surface area (Å²) in [4.78, 5) is 4.29. The lowest BCUT2D eigenvalue weighted by Crippen LogP contribution is -2.08. The molecule has 0 radical (unpaired) electrons. The summed E-state index contributed by atoms with van der Waals surface area (Å²) in [6, 6.07) is 10.0. The fourth-order valence-corrected chi connectivity index (χ4v) is 2.93. The van der Waals surface area contributed by atoms with Crippen LogP contribution in [0.15, 0.2) is 30.3 Å². The molecule has 1 nitrogen and oxygen atoms in total. The van der Waals surface area contributed by atoms with E-state index >= 15 is 0 Å². The Morgan fingerprint density at radius 1 is 1.00 bits per heavy atom. The highest BCUT2D eigenvalue weighted by molar-refractivity contribution is 6.42. The third-order valence-electron chi connectivity index (χ3n) is 3.62. The van der Waals surface area contributed by atoms with Crippen LogP contribution in [0.1, 0.15) is 30.7 Å². The maximum Gasteiger partial charge on any atom is 0.148 e. The third-order valence-corrected chi connectivity index (χ3v) is 4.58. The molecule has 98 valence electrons. The van der Waals surface area contributed by atoms with Crippen LogP contribution in [0.3, 0.4) is 0 Å². The van der Waals surface area contributed by atoms with Crippen molar-refractivity contribution in [2.75, 3.05) is 0 Å². The highest BCUT2D eigenvalue weighted by Gasteiger charge is 2.20. The Morgan fingerprint density at radius 3 is 2.47 bits per heavy atom. The highest BCUT2D eigenvalue weighted by atomic mass is 35.5. The fourth-order valence-electron chi connectivity index (χ4n) is 2.33. The zero-order chi connectivity index (χ0) is 13.4. The molecule has 4 heteroatoms. The van der Waals surface area contributed by atoms with E-state index in [4.69, 9.17) is 34.8 Å². The molecule has 1 fully saturated rings. The molecule has 19 heavy (non-hydrogen) atoms. The van der Waals surface area contributed by atoms with Crippen LogP contribution in [0, 0.1) is 0 Å². The minimum atomic E-state index is 0.287. The predicted octanol–water partition coefficient (Wildman–Crippen LogP) is 5.98. The summed E-state index contributed by atoms with van der Waals surface area (Å²) in [6.45, 7) is 0. The summed E-state index contributed by atoms with van der Waals surface area (Å²) in [5, 5.41) is 1.20. The molecule has 1 aromatic carbocycles. The van der Waals surface area contributed by atoms with Gasteiger partial charge in [0.05, 0.1) is 15.7 Å². The molecule has 0 atom stereocenters. The van der Waals surface area contributed by atoms with E-state index < -0.39 is 0 Å². The van der Waals surface area contributed by atoms with Crippen molar-refractivity contribution in [1.29, 1.82) is 0 Å². The number of aromatic nitrogens is 1. The Bertz CT molecular complexity index is 621. The molecule has 0 amide bonds. The molecule has 0 spiro atoms. The molecule has 1 aromatic heterocycles. The molecular weight excluding hydrogens is 301 g/mol. The van der Waals surface area contributed by atoms with E-state index in [-0.39, 0.29) is 5.15 Å². The zero-order valence-electron chi connectivity index (χ0n) is 10.2. The number of nitrogens with zero attached hydrogens (tertiary/aromatic N) is 1. The van der Waals surface area contributed by atoms with Gasteiger partial charge in [-0.3, -0.25) is 0 Å². The van der Waals surface area contributed by atoms with E-state index in [1.807, 2.05) is 12.1 Å². The molecule has 0 saturated heterocycles. The summed E-state index contributed by atoms with van der Waals surface area (Å²) < 4.78 is 0. The number of hydrogen-bond acceptors (Lipinski definition) is 1. The van der Waals surface area contributed by atoms with Crippen molar-refractivity contribution in [3.63, 3.8) is 0 Å². The molecule has 0 unspecified atom stereocenters. The van der Waals surface area contributed by atoms with Crippen molar-refractivity contribution in [3.05, 3.63) is 51.1 Å². The van der Waals surface area contributed by atoms with Gasteiger partial charge in [-0.25, -0.2) is 4.98 Å². The second-order valence-electron chi connectivity index (χ2n) is 4.84. The summed E-state index contributed by atoms with van der Waals surface area (Å²) in [5.74, 6) is 0.682. The van der Waals surface area contributed by atoms with Crippen LogP contribution >= 0.6 is 34.8 Å². The van der Waals surface area contributed by atoms with E-state index in [1.165, 1.54) is 24.8 Å². The van der Waals surface area contributed by atoms with Crippen molar-refractivity contribution < 1.29 is 0 Å². The average Bonchev–Trinajstić information content (AvgIpc) is 2.32. The summed E-state index contributed by atoms with van der Waals surface area (Å²) in [7, 11) is 0. The van der Waals surface area contributed by atoms with Crippen molar-refractivity contribution in [3.8, 4) is 11.3 Å². The van der Waals surface area contributed by atoms with Gasteiger partial charge in [-0.1, -0.05) is 59.4 Å². The van der Waals surface area contributed by atoms with Gasteiger partial charge in [-0.2, -0.15) is 0 Å². The molecule has 1 aliphatic carbocycles. The molecule has 3 rings (SSSR count). The normalized spacial score (nSPS) is 15.3. The van der Waals surface area contributed by atoms with E-state index in [0.29, 0.717) is 21.7 Å². The zero-order valence-corrected chi connectivity index (χ0v) is 12.4. The topological polar surface area (TPSA) is 12.9 Å². The van der Waals surface area contributed by atoms with Gasteiger partial charge < -0.3 is 0 Å². The minimum Gasteiger partial charge on any atom is -0.233 e. The molecule has 0 N–H and O–H groups in total. The average molecular weight is 313 g/mol. The first-order valence-corrected chi connectivity index (χ1v) is 7.40. The Kier molecular flexibility index (Phi) is 3.70. The van der Waals surface area contributed by atoms with Gasteiger partial charge in [0.2, 0.25) is 0 Å². The Labute approximate surface area is 127 Å². The van der Waals surface area contributed by atoms with Crippen molar-refractivity contribution in [2.45, 2.75) is 25.2 Å². The highest BCUT2D eigenvalue weighted by Crippen LogP contribution is 2.38. The minimum absolute atomic E-state index is 0.287. The lowest BCUT2D eigenvalue weighted by atomic mass is 9.79. The first kappa shape index (κ1) is 13.2. The van der Waals surface area contributed by atoms with Crippen molar-refractivity contribution in [1.82, 2.24) is 4.98 Å². The van der Waals surface area contributed by atoms with Gasteiger partial charge in [0, 0.05) is 5.56 Å². The van der Waals surface area contributed by atoms with E-state index in [9.17, 15) is 0 Å². The van der Waals surface area contributed by atoms with Crippen LogP contribution < -0.4 is 0 Å². The monoisotopic (exact) mass is 311 g/mol. The van der Waals surface area contributed by atoms with Gasteiger partial charge in [0.1, 0.15) is 5.15 Å². The molecule has 1 saturated carbocycles. The van der Waals surface area contributed by atoms with Crippen LogP contribution in [0.2, 0.25) is 15.2 Å². The second kappa shape index (κ2) is 5.32. The smallest absolute Gasteiger partial charge is 0.148 e. The maximum absolute atomic E-state index is 6.21. The molecular formula is C15H12Cl3N. The maximum atomic E-state index is 6.21. The second-order valence-corrected chi connectivity index (χ2v) is 6.02. The summed E-state index contributed by atoms with van der Waals surface area (Å²) in [6.07, 6.45) is 3.86. The van der Waals surface area contributed by atoms with Crippen LogP contribution in [0.25, 0.3) is 11.3 Å². The first-order chi connectivity index (χ1) is 9.15. The Balaban J connectivity index is 2.04. The van der Waals surface area contributed by atoms with Crippen LogP contribution in [0.5, 0.6) is 0 Å². The first-order valence-electron chi connectivity index (χ1n) is 6.27. The van der Waals surface area contributed by atoms with E-state index in [2.05, 4.69) is 17.1 Å². The lowest BCUT2D eigenvalue weighted by Gasteiger charge is -2.26. The van der Waals surface area contributed by atoms with E-state index in [1.54, 1.807) is 6.07 Å². The van der Waals surface area contributed by atoms with Crippen molar-refractivity contribution >= 4 is 34.8 Å². The standard InChI is InChI=1S/C15H12Cl3N/c16-12-8-13(17)15(18)19-14(12)11-6-2-5-10(7-11)9-3-1-4-9/h2,5-9H,1,3-4H2. The fraction of sp³-hybridized carbons (Fsp3) is 0.267. The number of pyridine rings is 1. The molecule has 0 bridgehead atoms. The van der Waals surface area contributed by atoms with Gasteiger partial charge >= 0.3 is 0 Å². The summed E-state index contributed by atoms with van der Waals surface area (Å²) >= 11 is 18.1. The Hall–Kier alpha value is -0.760. The van der Waals surface area contributed by atoms with Gasteiger partial charge in [0.15, 0.2) is 0 Å². The largest absolute Gasteiger partial charge is 0.233 e. The molecule has 0 aliphatic heterocycles. The van der Waals surface area contributed by atoms with Crippen LogP contribution in [-0.2, 0) is 0 Å². The number of rotatable bonds is 2. The molecule has 2 aromatic rings. The van der Waals surface area contributed by atoms with Gasteiger partial charge in [-0.15, -0.1) is 0 Å². The van der Waals surface area contributed by atoms with Gasteiger partial charge in [0.25, 0.3) is 0 Å². The van der Waals surface area contributed by atoms with Gasteiger partial charge in [-0.05, 0) is 36.5 Å². The number of halogens is 3. The lowest BCUT2D eigenvalue weighted by molar-refractivity contribution is 0.420. The van der Waals surface area contributed by atoms with Crippen molar-refractivity contribution in [2.24, 2.45) is 0 Å². The summed E-state index contributed by atoms with van der Waals surface area (Å²) in [5.41, 5.74) is 3.04. The van der Waals surface area contributed by atoms with E-state index in [0.717, 1.165) is 5.56 Å². The molecule has 1 heterocycles. The Morgan fingerprint density at radius 2 is 1.79 bits per heavy atom. The van der Waals surface area contributed by atoms with Crippen LogP contribution in [-0.4, -0.2) is 4.98 Å². The molecule has 1 aliphatic rings. The SMILES string of the molecule is Clc1cc(Cl)c(-c2cccc(C3CCC3)c2)nc1Cl. The number of benzene rings is 1. The predicted molar refractivity (Wildman–Crippen MR) is 81.3 cm³/mol. The third kappa shape index (κ3) is 2.60. The van der Waals surface area contributed by atoms with Crippen LogP contribution in [0.4, 0.5) is 0 Å². The number of hydrogen-bond donors (Lipinski definition) is 0. The quantitative estimate of drug-likeness (QED) is 0.622.